The van der Waals surface area contributed by atoms with Gasteiger partial charge in [0.1, 0.15) is 5.75 Å². The highest BCUT2D eigenvalue weighted by atomic mass is 35.5. The smallest absolute Gasteiger partial charge is 0.269 e. The van der Waals surface area contributed by atoms with Gasteiger partial charge in [-0.1, -0.05) is 11.6 Å². The number of nitro groups is 1. The second-order valence-electron chi connectivity index (χ2n) is 4.91. The molecule has 0 heterocycles. The van der Waals surface area contributed by atoms with Crippen LogP contribution in [0.3, 0.4) is 0 Å². The van der Waals surface area contributed by atoms with Crippen LogP contribution in [0.2, 0.25) is 5.02 Å². The molecule has 0 aliphatic carbocycles. The van der Waals surface area contributed by atoms with Gasteiger partial charge in [-0.05, 0) is 42.0 Å². The van der Waals surface area contributed by atoms with Crippen LogP contribution in [0, 0.1) is 21.4 Å². The molecule has 0 saturated carbocycles. The van der Waals surface area contributed by atoms with Gasteiger partial charge in [-0.15, -0.1) is 0 Å². The van der Waals surface area contributed by atoms with Gasteiger partial charge in [0.2, 0.25) is 0 Å². The van der Waals surface area contributed by atoms with Crippen molar-refractivity contribution in [1.82, 2.24) is 0 Å². The SMILES string of the molecule is N#C/C(=C\c1cc(Cl)ccc1OCC(N)=O)c1ccc([N+](=O)[O-])cc1. The number of benzene rings is 2. The minimum absolute atomic E-state index is 0.0747. The molecule has 0 bridgehead atoms. The molecule has 0 fully saturated rings. The molecule has 0 aliphatic rings. The third-order valence-electron chi connectivity index (χ3n) is 3.15. The maximum atomic E-state index is 10.9. The number of ether oxygens (including phenoxy) is 1. The number of allylic oxidation sites excluding steroid dienone is 1. The number of nitro benzene ring substituents is 1. The highest BCUT2D eigenvalue weighted by molar-refractivity contribution is 6.30. The molecule has 0 radical (unpaired) electrons. The minimum Gasteiger partial charge on any atom is -0.483 e. The first-order valence-electron chi connectivity index (χ1n) is 6.98. The number of carbonyl (C=O) groups excluding carboxylic acids is 1. The second-order valence-corrected chi connectivity index (χ2v) is 5.35. The largest absolute Gasteiger partial charge is 0.483 e. The molecule has 0 aromatic heterocycles. The van der Waals surface area contributed by atoms with Crippen molar-refractivity contribution in [3.05, 3.63) is 68.7 Å². The summed E-state index contributed by atoms with van der Waals surface area (Å²) in [5, 5.41) is 20.5. The zero-order valence-corrected chi connectivity index (χ0v) is 13.6. The Hall–Kier alpha value is -3.37. The van der Waals surface area contributed by atoms with Crippen molar-refractivity contribution in [1.29, 1.82) is 5.26 Å². The van der Waals surface area contributed by atoms with E-state index in [-0.39, 0.29) is 17.9 Å². The maximum absolute atomic E-state index is 10.9. The summed E-state index contributed by atoms with van der Waals surface area (Å²) in [6.45, 7) is -0.318. The Labute approximate surface area is 148 Å². The van der Waals surface area contributed by atoms with E-state index < -0.39 is 10.8 Å². The number of non-ortho nitro benzene ring substituents is 1. The van der Waals surface area contributed by atoms with Crippen LogP contribution in [0.15, 0.2) is 42.5 Å². The van der Waals surface area contributed by atoms with Crippen LogP contribution in [0.25, 0.3) is 11.6 Å². The third-order valence-corrected chi connectivity index (χ3v) is 3.39. The molecule has 7 nitrogen and oxygen atoms in total. The molecule has 126 valence electrons. The predicted octanol–water partition coefficient (Wildman–Crippen LogP) is 3.18. The van der Waals surface area contributed by atoms with Crippen molar-refractivity contribution in [2.24, 2.45) is 5.73 Å². The number of nitrogens with two attached hydrogens (primary N) is 1. The number of hydrogen-bond acceptors (Lipinski definition) is 5. The summed E-state index contributed by atoms with van der Waals surface area (Å²) < 4.78 is 5.31. The zero-order valence-electron chi connectivity index (χ0n) is 12.8. The molecule has 1 amide bonds. The number of carbonyl (C=O) groups is 1. The molecule has 0 spiro atoms. The summed E-state index contributed by atoms with van der Waals surface area (Å²) in [7, 11) is 0. The zero-order chi connectivity index (χ0) is 18.4. The average molecular weight is 358 g/mol. The minimum atomic E-state index is -0.638. The van der Waals surface area contributed by atoms with E-state index in [0.717, 1.165) is 0 Å². The van der Waals surface area contributed by atoms with Gasteiger partial charge in [0.05, 0.1) is 16.6 Å². The monoisotopic (exact) mass is 357 g/mol. The van der Waals surface area contributed by atoms with E-state index in [4.69, 9.17) is 22.1 Å². The Balaban J connectivity index is 2.41. The predicted molar refractivity (Wildman–Crippen MR) is 92.7 cm³/mol. The molecule has 0 saturated heterocycles. The van der Waals surface area contributed by atoms with Gasteiger partial charge >= 0.3 is 0 Å². The van der Waals surface area contributed by atoms with Gasteiger partial charge in [0.15, 0.2) is 6.61 Å². The number of hydrogen-bond donors (Lipinski definition) is 1. The highest BCUT2D eigenvalue weighted by Crippen LogP contribution is 2.28. The number of primary amides is 1. The van der Waals surface area contributed by atoms with E-state index in [1.54, 1.807) is 18.2 Å². The van der Waals surface area contributed by atoms with Gasteiger partial charge in [0.25, 0.3) is 11.6 Å². The van der Waals surface area contributed by atoms with Crippen molar-refractivity contribution < 1.29 is 14.5 Å². The first-order chi connectivity index (χ1) is 11.9. The van der Waals surface area contributed by atoms with Gasteiger partial charge < -0.3 is 10.5 Å². The molecule has 2 N–H and O–H groups in total. The molecule has 8 heteroatoms. The van der Waals surface area contributed by atoms with Crippen molar-refractivity contribution in [3.8, 4) is 11.8 Å². The van der Waals surface area contributed by atoms with E-state index in [2.05, 4.69) is 0 Å². The number of halogens is 1. The first-order valence-corrected chi connectivity index (χ1v) is 7.36. The number of amides is 1. The van der Waals surface area contributed by atoms with Crippen molar-refractivity contribution in [3.63, 3.8) is 0 Å². The Morgan fingerprint density at radius 2 is 2.00 bits per heavy atom. The van der Waals surface area contributed by atoms with Crippen LogP contribution >= 0.6 is 11.6 Å². The Morgan fingerprint density at radius 1 is 1.32 bits per heavy atom. The Kier molecular flexibility index (Phi) is 5.71. The van der Waals surface area contributed by atoms with Crippen LogP contribution in [-0.4, -0.2) is 17.4 Å². The summed E-state index contributed by atoms with van der Waals surface area (Å²) >= 11 is 5.97. The van der Waals surface area contributed by atoms with E-state index in [1.165, 1.54) is 30.3 Å². The topological polar surface area (TPSA) is 119 Å². The fraction of sp³-hybridized carbons (Fsp3) is 0.0588. The normalized spacial score (nSPS) is 10.8. The first kappa shape index (κ1) is 18.0. The van der Waals surface area contributed by atoms with E-state index in [9.17, 15) is 20.2 Å². The quantitative estimate of drug-likeness (QED) is 0.368. The van der Waals surface area contributed by atoms with Gasteiger partial charge in [-0.3, -0.25) is 14.9 Å². The van der Waals surface area contributed by atoms with Crippen molar-refractivity contribution >= 4 is 34.8 Å². The van der Waals surface area contributed by atoms with Crippen LogP contribution in [0.1, 0.15) is 11.1 Å². The number of rotatable bonds is 6. The van der Waals surface area contributed by atoms with E-state index in [1.807, 2.05) is 6.07 Å². The lowest BCUT2D eigenvalue weighted by molar-refractivity contribution is -0.384. The Morgan fingerprint density at radius 3 is 2.56 bits per heavy atom. The molecule has 25 heavy (non-hydrogen) atoms. The molecule has 2 aromatic rings. The summed E-state index contributed by atoms with van der Waals surface area (Å²) in [5.41, 5.74) is 6.21. The van der Waals surface area contributed by atoms with Gasteiger partial charge in [-0.2, -0.15) is 5.26 Å². The van der Waals surface area contributed by atoms with Gasteiger partial charge in [0, 0.05) is 22.7 Å². The Bertz CT molecular complexity index is 886. The second kappa shape index (κ2) is 7.95. The maximum Gasteiger partial charge on any atom is 0.269 e. The summed E-state index contributed by atoms with van der Waals surface area (Å²) in [6.07, 6.45) is 1.52. The molecule has 0 unspecified atom stereocenters. The van der Waals surface area contributed by atoms with Crippen LogP contribution in [0.4, 0.5) is 5.69 Å². The van der Waals surface area contributed by atoms with E-state index >= 15 is 0 Å². The number of nitrogens with zero attached hydrogens (tertiary/aromatic N) is 2. The lowest BCUT2D eigenvalue weighted by Gasteiger charge is -2.09. The molecule has 0 atom stereocenters. The van der Waals surface area contributed by atoms with Crippen molar-refractivity contribution in [2.45, 2.75) is 0 Å². The van der Waals surface area contributed by atoms with Crippen LogP contribution in [0.5, 0.6) is 5.75 Å². The fourth-order valence-electron chi connectivity index (χ4n) is 2.01. The van der Waals surface area contributed by atoms with Crippen molar-refractivity contribution in [2.75, 3.05) is 6.61 Å². The molecule has 2 rings (SSSR count). The third kappa shape index (κ3) is 4.80. The molecular weight excluding hydrogens is 346 g/mol. The lowest BCUT2D eigenvalue weighted by Crippen LogP contribution is -2.20. The molecule has 0 aliphatic heterocycles. The summed E-state index contributed by atoms with van der Waals surface area (Å²) in [4.78, 5) is 21.1. The fourth-order valence-corrected chi connectivity index (χ4v) is 2.19. The standard InChI is InChI=1S/C17H12ClN3O4/c18-14-3-6-16(25-10-17(20)22)12(8-14)7-13(9-19)11-1-4-15(5-2-11)21(23)24/h1-8H,10H2,(H2,20,22)/b13-7+. The highest BCUT2D eigenvalue weighted by Gasteiger charge is 2.10. The van der Waals surface area contributed by atoms with Crippen LogP contribution < -0.4 is 10.5 Å². The molecular formula is C17H12ClN3O4. The average Bonchev–Trinajstić information content (AvgIpc) is 2.58. The van der Waals surface area contributed by atoms with E-state index in [0.29, 0.717) is 21.9 Å². The lowest BCUT2D eigenvalue weighted by atomic mass is 10.0. The molecule has 2 aromatic carbocycles. The van der Waals surface area contributed by atoms with Crippen LogP contribution in [-0.2, 0) is 4.79 Å². The van der Waals surface area contributed by atoms with Gasteiger partial charge in [-0.25, -0.2) is 0 Å². The number of nitriles is 1. The summed E-state index contributed by atoms with van der Waals surface area (Å²) in [6, 6.07) is 12.3. The summed E-state index contributed by atoms with van der Waals surface area (Å²) in [5.74, 6) is -0.307.